The lowest BCUT2D eigenvalue weighted by Crippen LogP contribution is -2.46. The molecule has 0 saturated carbocycles. The first-order chi connectivity index (χ1) is 9.97. The van der Waals surface area contributed by atoms with Crippen molar-refractivity contribution in [1.82, 2.24) is 5.32 Å². The van der Waals surface area contributed by atoms with Crippen molar-refractivity contribution in [3.05, 3.63) is 24.3 Å². The molecule has 0 saturated heterocycles. The van der Waals surface area contributed by atoms with Crippen LogP contribution in [0.25, 0.3) is 0 Å². The number of carboxylic acids is 1. The minimum Gasteiger partial charge on any atom is -0.497 e. The molecule has 0 aliphatic heterocycles. The van der Waals surface area contributed by atoms with Crippen LogP contribution < -0.4 is 14.8 Å². The number of hydrogen-bond acceptors (Lipinski definition) is 4. The molecule has 1 aromatic rings. The van der Waals surface area contributed by atoms with Gasteiger partial charge < -0.3 is 19.9 Å². The number of amides is 1. The minimum absolute atomic E-state index is 0.385. The van der Waals surface area contributed by atoms with Crippen LogP contribution in [-0.2, 0) is 9.59 Å². The highest BCUT2D eigenvalue weighted by atomic mass is 16.5. The Bertz CT molecular complexity index is 471. The van der Waals surface area contributed by atoms with E-state index >= 15 is 0 Å². The molecule has 0 aliphatic carbocycles. The van der Waals surface area contributed by atoms with Gasteiger partial charge in [-0.2, -0.15) is 0 Å². The van der Waals surface area contributed by atoms with E-state index in [1.165, 1.54) is 0 Å². The standard InChI is InChI=1S/C15H21NO5/c1-4-5-13(15(18)19)16-14(17)10(2)21-12-8-6-11(20-3)7-9-12/h6-10,13H,4-5H2,1-3H3,(H,16,17)(H,18,19). The van der Waals surface area contributed by atoms with E-state index in [9.17, 15) is 9.59 Å². The Kier molecular flexibility index (Phi) is 6.52. The summed E-state index contributed by atoms with van der Waals surface area (Å²) >= 11 is 0. The fraction of sp³-hybridized carbons (Fsp3) is 0.467. The van der Waals surface area contributed by atoms with E-state index in [4.69, 9.17) is 14.6 Å². The summed E-state index contributed by atoms with van der Waals surface area (Å²) in [4.78, 5) is 22.9. The number of ether oxygens (including phenoxy) is 2. The van der Waals surface area contributed by atoms with Gasteiger partial charge in [0.1, 0.15) is 17.5 Å². The monoisotopic (exact) mass is 295 g/mol. The highest BCUT2D eigenvalue weighted by molar-refractivity contribution is 5.86. The number of benzene rings is 1. The zero-order chi connectivity index (χ0) is 15.8. The fourth-order valence-electron chi connectivity index (χ4n) is 1.75. The number of carbonyl (C=O) groups is 2. The lowest BCUT2D eigenvalue weighted by molar-refractivity contribution is -0.143. The van der Waals surface area contributed by atoms with Gasteiger partial charge in [0.2, 0.25) is 0 Å². The molecule has 1 aromatic carbocycles. The van der Waals surface area contributed by atoms with E-state index in [1.807, 2.05) is 6.92 Å². The molecular formula is C15H21NO5. The molecule has 1 amide bonds. The second-order valence-electron chi connectivity index (χ2n) is 4.62. The van der Waals surface area contributed by atoms with Crippen LogP contribution in [0.2, 0.25) is 0 Å². The van der Waals surface area contributed by atoms with E-state index in [1.54, 1.807) is 38.3 Å². The first-order valence-electron chi connectivity index (χ1n) is 6.81. The van der Waals surface area contributed by atoms with Gasteiger partial charge in [-0.25, -0.2) is 4.79 Å². The molecule has 6 nitrogen and oxygen atoms in total. The molecular weight excluding hydrogens is 274 g/mol. The maximum absolute atomic E-state index is 11.9. The van der Waals surface area contributed by atoms with Crippen LogP contribution in [0.3, 0.4) is 0 Å². The summed E-state index contributed by atoms with van der Waals surface area (Å²) in [6, 6.07) is 5.92. The molecule has 0 radical (unpaired) electrons. The topological polar surface area (TPSA) is 84.9 Å². The molecule has 116 valence electrons. The summed E-state index contributed by atoms with van der Waals surface area (Å²) in [7, 11) is 1.56. The van der Waals surface area contributed by atoms with Gasteiger partial charge in [0, 0.05) is 0 Å². The summed E-state index contributed by atoms with van der Waals surface area (Å²) in [6.07, 6.45) is 0.276. The van der Waals surface area contributed by atoms with Gasteiger partial charge in [-0.1, -0.05) is 13.3 Å². The summed E-state index contributed by atoms with van der Waals surface area (Å²) in [6.45, 7) is 3.43. The van der Waals surface area contributed by atoms with Crippen molar-refractivity contribution in [3.63, 3.8) is 0 Å². The second-order valence-corrected chi connectivity index (χ2v) is 4.62. The number of carbonyl (C=O) groups excluding carboxylic acids is 1. The molecule has 0 spiro atoms. The number of rotatable bonds is 8. The molecule has 2 N–H and O–H groups in total. The van der Waals surface area contributed by atoms with E-state index in [0.29, 0.717) is 24.3 Å². The quantitative estimate of drug-likeness (QED) is 0.764. The van der Waals surface area contributed by atoms with E-state index in [0.717, 1.165) is 0 Å². The number of aliphatic carboxylic acids is 1. The SMILES string of the molecule is CCCC(NC(=O)C(C)Oc1ccc(OC)cc1)C(=O)O. The molecule has 0 fully saturated rings. The second kappa shape index (κ2) is 8.14. The van der Waals surface area contributed by atoms with Gasteiger partial charge in [0.05, 0.1) is 7.11 Å². The predicted molar refractivity (Wildman–Crippen MR) is 77.6 cm³/mol. The van der Waals surface area contributed by atoms with Gasteiger partial charge >= 0.3 is 5.97 Å². The molecule has 2 unspecified atom stereocenters. The zero-order valence-electron chi connectivity index (χ0n) is 12.5. The van der Waals surface area contributed by atoms with Gasteiger partial charge in [-0.05, 0) is 37.6 Å². The Morgan fingerprint density at radius 2 is 1.81 bits per heavy atom. The third-order valence-corrected chi connectivity index (χ3v) is 2.93. The molecule has 0 heterocycles. The van der Waals surface area contributed by atoms with Crippen molar-refractivity contribution in [2.24, 2.45) is 0 Å². The Morgan fingerprint density at radius 3 is 2.29 bits per heavy atom. The van der Waals surface area contributed by atoms with Gasteiger partial charge in [-0.3, -0.25) is 4.79 Å². The molecule has 0 aliphatic rings. The molecule has 0 aromatic heterocycles. The van der Waals surface area contributed by atoms with E-state index in [2.05, 4.69) is 5.32 Å². The van der Waals surface area contributed by atoms with Gasteiger partial charge in [0.15, 0.2) is 6.10 Å². The highest BCUT2D eigenvalue weighted by Gasteiger charge is 2.23. The molecule has 2 atom stereocenters. The van der Waals surface area contributed by atoms with Crippen LogP contribution in [0.15, 0.2) is 24.3 Å². The summed E-state index contributed by atoms with van der Waals surface area (Å²) in [5.41, 5.74) is 0. The lowest BCUT2D eigenvalue weighted by atomic mass is 10.1. The number of carboxylic acid groups (broad SMARTS) is 1. The van der Waals surface area contributed by atoms with Crippen LogP contribution in [-0.4, -0.2) is 36.2 Å². The minimum atomic E-state index is -1.04. The Balaban J connectivity index is 2.58. The van der Waals surface area contributed by atoms with Crippen molar-refractivity contribution in [2.45, 2.75) is 38.8 Å². The van der Waals surface area contributed by atoms with Crippen LogP contribution >= 0.6 is 0 Å². The Labute approximate surface area is 124 Å². The normalized spacial score (nSPS) is 13.1. The Hall–Kier alpha value is -2.24. The predicted octanol–water partition coefficient (Wildman–Crippen LogP) is 1.83. The first kappa shape index (κ1) is 16.8. The average molecular weight is 295 g/mol. The largest absolute Gasteiger partial charge is 0.497 e. The fourth-order valence-corrected chi connectivity index (χ4v) is 1.75. The summed E-state index contributed by atoms with van der Waals surface area (Å²) < 4.78 is 10.5. The maximum atomic E-state index is 11.9. The number of nitrogens with one attached hydrogen (secondary N) is 1. The summed E-state index contributed by atoms with van der Waals surface area (Å²) in [5, 5.41) is 11.5. The smallest absolute Gasteiger partial charge is 0.326 e. The average Bonchev–Trinajstić information content (AvgIpc) is 2.47. The van der Waals surface area contributed by atoms with Crippen LogP contribution in [0.4, 0.5) is 0 Å². The van der Waals surface area contributed by atoms with Crippen molar-refractivity contribution < 1.29 is 24.2 Å². The Morgan fingerprint density at radius 1 is 1.24 bits per heavy atom. The maximum Gasteiger partial charge on any atom is 0.326 e. The van der Waals surface area contributed by atoms with Crippen LogP contribution in [0, 0.1) is 0 Å². The van der Waals surface area contributed by atoms with Crippen molar-refractivity contribution in [2.75, 3.05) is 7.11 Å². The molecule has 0 bridgehead atoms. The number of methoxy groups -OCH3 is 1. The van der Waals surface area contributed by atoms with E-state index < -0.39 is 24.0 Å². The first-order valence-corrected chi connectivity index (χ1v) is 6.81. The third-order valence-electron chi connectivity index (χ3n) is 2.93. The lowest BCUT2D eigenvalue weighted by Gasteiger charge is -2.18. The molecule has 1 rings (SSSR count). The van der Waals surface area contributed by atoms with Crippen molar-refractivity contribution >= 4 is 11.9 Å². The highest BCUT2D eigenvalue weighted by Crippen LogP contribution is 2.18. The number of hydrogen-bond donors (Lipinski definition) is 2. The van der Waals surface area contributed by atoms with Gasteiger partial charge in [0.25, 0.3) is 5.91 Å². The van der Waals surface area contributed by atoms with Crippen LogP contribution in [0.5, 0.6) is 11.5 Å². The van der Waals surface area contributed by atoms with E-state index in [-0.39, 0.29) is 0 Å². The molecule has 6 heteroatoms. The third kappa shape index (κ3) is 5.33. The van der Waals surface area contributed by atoms with Crippen molar-refractivity contribution in [1.29, 1.82) is 0 Å². The summed E-state index contributed by atoms with van der Waals surface area (Å²) in [5.74, 6) is -0.289. The zero-order valence-corrected chi connectivity index (χ0v) is 12.5. The van der Waals surface area contributed by atoms with Crippen molar-refractivity contribution in [3.8, 4) is 11.5 Å². The molecule has 21 heavy (non-hydrogen) atoms. The van der Waals surface area contributed by atoms with Crippen LogP contribution in [0.1, 0.15) is 26.7 Å². The van der Waals surface area contributed by atoms with Gasteiger partial charge in [-0.15, -0.1) is 0 Å².